The number of furan rings is 1. The van der Waals surface area contributed by atoms with Crippen LogP contribution in [0.5, 0.6) is 0 Å². The largest absolute Gasteiger partial charge is 0.467 e. The average Bonchev–Trinajstić information content (AvgIpc) is 2.96. The van der Waals surface area contributed by atoms with Gasteiger partial charge < -0.3 is 14.4 Å². The van der Waals surface area contributed by atoms with Gasteiger partial charge in [0.05, 0.1) is 19.4 Å². The SMILES string of the molecule is CCN(Cc1ccco1)c1cc(CO)cc(C(C)(C)C)n1. The zero-order chi connectivity index (χ0) is 15.5. The van der Waals surface area contributed by atoms with E-state index < -0.39 is 0 Å². The highest BCUT2D eigenvalue weighted by Gasteiger charge is 2.19. The zero-order valence-corrected chi connectivity index (χ0v) is 13.3. The van der Waals surface area contributed by atoms with E-state index in [1.54, 1.807) is 6.26 Å². The lowest BCUT2D eigenvalue weighted by Gasteiger charge is -2.25. The average molecular weight is 288 g/mol. The van der Waals surface area contributed by atoms with E-state index >= 15 is 0 Å². The van der Waals surface area contributed by atoms with E-state index in [0.717, 1.165) is 29.4 Å². The molecule has 0 aliphatic carbocycles. The van der Waals surface area contributed by atoms with Gasteiger partial charge in [0.1, 0.15) is 11.6 Å². The smallest absolute Gasteiger partial charge is 0.129 e. The van der Waals surface area contributed by atoms with Crippen molar-refractivity contribution in [3.63, 3.8) is 0 Å². The summed E-state index contributed by atoms with van der Waals surface area (Å²) in [6.07, 6.45) is 1.68. The van der Waals surface area contributed by atoms with Gasteiger partial charge in [0.25, 0.3) is 0 Å². The Labute approximate surface area is 126 Å². The molecule has 0 fully saturated rings. The molecule has 0 aliphatic rings. The summed E-state index contributed by atoms with van der Waals surface area (Å²) in [4.78, 5) is 6.92. The molecule has 0 aromatic carbocycles. The molecule has 4 nitrogen and oxygen atoms in total. The summed E-state index contributed by atoms with van der Waals surface area (Å²) in [5.41, 5.74) is 1.83. The minimum Gasteiger partial charge on any atom is -0.467 e. The molecule has 0 radical (unpaired) electrons. The Morgan fingerprint density at radius 3 is 2.57 bits per heavy atom. The van der Waals surface area contributed by atoms with Crippen molar-refractivity contribution in [2.75, 3.05) is 11.4 Å². The lowest BCUT2D eigenvalue weighted by molar-refractivity contribution is 0.281. The van der Waals surface area contributed by atoms with Crippen LogP contribution in [0.2, 0.25) is 0 Å². The highest BCUT2D eigenvalue weighted by atomic mass is 16.3. The predicted octanol–water partition coefficient (Wildman–Crippen LogP) is 3.49. The van der Waals surface area contributed by atoms with Crippen LogP contribution in [-0.4, -0.2) is 16.6 Å². The third-order valence-corrected chi connectivity index (χ3v) is 3.46. The highest BCUT2D eigenvalue weighted by Crippen LogP contribution is 2.25. The van der Waals surface area contributed by atoms with Gasteiger partial charge in [-0.05, 0) is 36.8 Å². The molecule has 1 N–H and O–H groups in total. The summed E-state index contributed by atoms with van der Waals surface area (Å²) in [5, 5.41) is 9.50. The number of anilines is 1. The molecular formula is C17H24N2O2. The van der Waals surface area contributed by atoms with E-state index in [1.807, 2.05) is 24.3 Å². The van der Waals surface area contributed by atoms with Crippen molar-refractivity contribution in [2.45, 2.75) is 46.3 Å². The molecule has 0 saturated carbocycles. The second-order valence-electron chi connectivity index (χ2n) is 6.22. The molecule has 2 aromatic rings. The molecule has 4 heteroatoms. The maximum absolute atomic E-state index is 9.50. The van der Waals surface area contributed by atoms with Crippen molar-refractivity contribution in [1.82, 2.24) is 4.98 Å². The maximum atomic E-state index is 9.50. The number of aliphatic hydroxyl groups excluding tert-OH is 1. The second-order valence-corrected chi connectivity index (χ2v) is 6.22. The summed E-state index contributed by atoms with van der Waals surface area (Å²) in [6, 6.07) is 7.77. The molecule has 0 saturated heterocycles. The summed E-state index contributed by atoms with van der Waals surface area (Å²) in [5.74, 6) is 1.79. The van der Waals surface area contributed by atoms with E-state index in [4.69, 9.17) is 9.40 Å². The van der Waals surface area contributed by atoms with Crippen LogP contribution in [0.1, 0.15) is 44.7 Å². The lowest BCUT2D eigenvalue weighted by Crippen LogP contribution is -2.25. The van der Waals surface area contributed by atoms with Crippen molar-refractivity contribution in [2.24, 2.45) is 0 Å². The van der Waals surface area contributed by atoms with Gasteiger partial charge in [0.2, 0.25) is 0 Å². The molecule has 114 valence electrons. The highest BCUT2D eigenvalue weighted by molar-refractivity contribution is 5.44. The first-order valence-electron chi connectivity index (χ1n) is 7.33. The van der Waals surface area contributed by atoms with Crippen LogP contribution >= 0.6 is 0 Å². The molecule has 2 aromatic heterocycles. The molecule has 0 aliphatic heterocycles. The first-order chi connectivity index (χ1) is 9.94. The minimum atomic E-state index is -0.0516. The minimum absolute atomic E-state index is 0.0247. The van der Waals surface area contributed by atoms with Gasteiger partial charge in [-0.25, -0.2) is 4.98 Å². The van der Waals surface area contributed by atoms with Gasteiger partial charge in [-0.15, -0.1) is 0 Å². The quantitative estimate of drug-likeness (QED) is 0.915. The molecule has 0 unspecified atom stereocenters. The van der Waals surface area contributed by atoms with Crippen LogP contribution < -0.4 is 4.90 Å². The fraction of sp³-hybridized carbons (Fsp3) is 0.471. The van der Waals surface area contributed by atoms with E-state index in [0.29, 0.717) is 6.54 Å². The Balaban J connectivity index is 2.35. The Hall–Kier alpha value is -1.81. The van der Waals surface area contributed by atoms with Crippen molar-refractivity contribution in [3.8, 4) is 0 Å². The molecule has 0 atom stereocenters. The third-order valence-electron chi connectivity index (χ3n) is 3.46. The van der Waals surface area contributed by atoms with Crippen LogP contribution in [0.4, 0.5) is 5.82 Å². The van der Waals surface area contributed by atoms with Crippen molar-refractivity contribution >= 4 is 5.82 Å². The fourth-order valence-corrected chi connectivity index (χ4v) is 2.15. The summed E-state index contributed by atoms with van der Waals surface area (Å²) in [7, 11) is 0. The molecule has 0 spiro atoms. The van der Waals surface area contributed by atoms with Crippen molar-refractivity contribution < 1.29 is 9.52 Å². The van der Waals surface area contributed by atoms with Crippen LogP contribution in [0.25, 0.3) is 0 Å². The fourth-order valence-electron chi connectivity index (χ4n) is 2.15. The van der Waals surface area contributed by atoms with E-state index in [-0.39, 0.29) is 12.0 Å². The van der Waals surface area contributed by atoms with Gasteiger partial charge in [0, 0.05) is 17.7 Å². The molecule has 0 bridgehead atoms. The monoisotopic (exact) mass is 288 g/mol. The molecule has 0 amide bonds. The van der Waals surface area contributed by atoms with Crippen molar-refractivity contribution in [3.05, 3.63) is 47.5 Å². The Morgan fingerprint density at radius 1 is 1.29 bits per heavy atom. The van der Waals surface area contributed by atoms with Gasteiger partial charge in [0.15, 0.2) is 0 Å². The Bertz CT molecular complexity index is 571. The van der Waals surface area contributed by atoms with E-state index in [2.05, 4.69) is 32.6 Å². The number of rotatable bonds is 5. The number of aliphatic hydroxyl groups is 1. The number of pyridine rings is 1. The Morgan fingerprint density at radius 2 is 2.05 bits per heavy atom. The first-order valence-corrected chi connectivity index (χ1v) is 7.33. The third kappa shape index (κ3) is 3.85. The Kier molecular flexibility index (Phi) is 4.68. The van der Waals surface area contributed by atoms with Crippen LogP contribution in [0.15, 0.2) is 34.9 Å². The van der Waals surface area contributed by atoms with Crippen LogP contribution in [0, 0.1) is 0 Å². The molecule has 2 rings (SSSR count). The number of nitrogens with zero attached hydrogens (tertiary/aromatic N) is 2. The number of hydrogen-bond donors (Lipinski definition) is 1. The normalized spacial score (nSPS) is 11.7. The predicted molar refractivity (Wildman–Crippen MR) is 84.3 cm³/mol. The molecule has 2 heterocycles. The van der Waals surface area contributed by atoms with Crippen molar-refractivity contribution in [1.29, 1.82) is 0 Å². The molecule has 21 heavy (non-hydrogen) atoms. The summed E-state index contributed by atoms with van der Waals surface area (Å²) in [6.45, 7) is 10.0. The second kappa shape index (κ2) is 6.31. The summed E-state index contributed by atoms with van der Waals surface area (Å²) >= 11 is 0. The van der Waals surface area contributed by atoms with Crippen LogP contribution in [0.3, 0.4) is 0 Å². The van der Waals surface area contributed by atoms with E-state index in [9.17, 15) is 5.11 Å². The number of hydrogen-bond acceptors (Lipinski definition) is 4. The van der Waals surface area contributed by atoms with Gasteiger partial charge in [-0.2, -0.15) is 0 Å². The maximum Gasteiger partial charge on any atom is 0.129 e. The topological polar surface area (TPSA) is 49.5 Å². The lowest BCUT2D eigenvalue weighted by atomic mass is 9.91. The molecular weight excluding hydrogens is 264 g/mol. The first kappa shape index (κ1) is 15.6. The zero-order valence-electron chi connectivity index (χ0n) is 13.3. The van der Waals surface area contributed by atoms with Gasteiger partial charge in [-0.1, -0.05) is 20.8 Å². The summed E-state index contributed by atoms with van der Waals surface area (Å²) < 4.78 is 5.42. The standard InChI is InChI=1S/C17H24N2O2/c1-5-19(11-14-7-6-8-21-14)16-10-13(12-20)9-15(18-16)17(2,3)4/h6-10,20H,5,11-12H2,1-4H3. The number of aromatic nitrogens is 1. The van der Waals surface area contributed by atoms with Gasteiger partial charge >= 0.3 is 0 Å². The van der Waals surface area contributed by atoms with Gasteiger partial charge in [-0.3, -0.25) is 0 Å². The van der Waals surface area contributed by atoms with Crippen LogP contribution in [-0.2, 0) is 18.6 Å². The van der Waals surface area contributed by atoms with E-state index in [1.165, 1.54) is 0 Å².